The molecule has 0 aliphatic heterocycles. The Morgan fingerprint density at radius 1 is 1.29 bits per heavy atom. The van der Waals surface area contributed by atoms with Gasteiger partial charge in [-0.05, 0) is 44.2 Å². The van der Waals surface area contributed by atoms with E-state index in [0.717, 1.165) is 31.2 Å². The van der Waals surface area contributed by atoms with E-state index in [1.165, 1.54) is 12.4 Å². The molecule has 0 saturated heterocycles. The summed E-state index contributed by atoms with van der Waals surface area (Å²) in [4.78, 5) is 16.4. The van der Waals surface area contributed by atoms with Crippen molar-refractivity contribution in [1.29, 1.82) is 0 Å². The molecule has 1 fully saturated rings. The molecule has 0 spiro atoms. The van der Waals surface area contributed by atoms with Crippen LogP contribution in [-0.2, 0) is 0 Å². The topological polar surface area (TPSA) is 78.2 Å². The number of rotatable bonds is 4. The molecule has 6 nitrogen and oxygen atoms in total. The second-order valence-electron chi connectivity index (χ2n) is 6.19. The summed E-state index contributed by atoms with van der Waals surface area (Å²) < 4.78 is 6.53. The van der Waals surface area contributed by atoms with Gasteiger partial charge < -0.3 is 15.3 Å². The monoisotopic (exact) mass is 327 g/mol. The first-order valence-electron chi connectivity index (χ1n) is 8.19. The molecule has 0 radical (unpaired) electrons. The number of aromatic nitrogens is 2. The first kappa shape index (κ1) is 16.2. The average molecular weight is 327 g/mol. The fourth-order valence-corrected chi connectivity index (χ4v) is 2.88. The SMILES string of the molecule is Cc1ccc(OC2CCC(NC(=O)c3ccc[n+]([O-])c3)CC2)nc1. The van der Waals surface area contributed by atoms with Crippen molar-refractivity contribution < 1.29 is 14.3 Å². The normalized spacial score (nSPS) is 20.4. The molecule has 24 heavy (non-hydrogen) atoms. The van der Waals surface area contributed by atoms with Gasteiger partial charge >= 0.3 is 0 Å². The van der Waals surface area contributed by atoms with Crippen LogP contribution in [0.15, 0.2) is 42.9 Å². The molecule has 1 aliphatic carbocycles. The number of nitrogens with zero attached hydrogens (tertiary/aromatic N) is 2. The van der Waals surface area contributed by atoms with E-state index in [2.05, 4.69) is 10.3 Å². The van der Waals surface area contributed by atoms with Crippen LogP contribution in [-0.4, -0.2) is 23.0 Å². The van der Waals surface area contributed by atoms with E-state index < -0.39 is 0 Å². The van der Waals surface area contributed by atoms with Crippen molar-refractivity contribution in [3.8, 4) is 5.88 Å². The lowest BCUT2D eigenvalue weighted by atomic mass is 9.92. The smallest absolute Gasteiger partial charge is 0.257 e. The summed E-state index contributed by atoms with van der Waals surface area (Å²) in [7, 11) is 0. The van der Waals surface area contributed by atoms with Gasteiger partial charge in [0.2, 0.25) is 5.88 Å². The molecule has 2 heterocycles. The maximum absolute atomic E-state index is 12.2. The molecule has 0 bridgehead atoms. The maximum Gasteiger partial charge on any atom is 0.257 e. The van der Waals surface area contributed by atoms with Gasteiger partial charge in [0.15, 0.2) is 12.4 Å². The van der Waals surface area contributed by atoms with E-state index in [0.29, 0.717) is 16.2 Å². The Bertz CT molecular complexity index is 695. The van der Waals surface area contributed by atoms with Crippen LogP contribution in [0.5, 0.6) is 5.88 Å². The number of hydrogen-bond donors (Lipinski definition) is 1. The lowest BCUT2D eigenvalue weighted by Crippen LogP contribution is -2.40. The average Bonchev–Trinajstić information content (AvgIpc) is 2.59. The van der Waals surface area contributed by atoms with Gasteiger partial charge in [0.1, 0.15) is 11.7 Å². The van der Waals surface area contributed by atoms with Crippen molar-refractivity contribution in [2.45, 2.75) is 44.8 Å². The van der Waals surface area contributed by atoms with E-state index >= 15 is 0 Å². The Labute approximate surface area is 141 Å². The molecular weight excluding hydrogens is 306 g/mol. The molecule has 0 aromatic carbocycles. The number of ether oxygens (including phenoxy) is 1. The van der Waals surface area contributed by atoms with Gasteiger partial charge in [-0.25, -0.2) is 4.98 Å². The summed E-state index contributed by atoms with van der Waals surface area (Å²) >= 11 is 0. The molecule has 126 valence electrons. The number of pyridine rings is 2. The summed E-state index contributed by atoms with van der Waals surface area (Å²) in [6, 6.07) is 7.19. The fraction of sp³-hybridized carbons (Fsp3) is 0.389. The number of carbonyl (C=O) groups excluding carboxylic acids is 1. The highest BCUT2D eigenvalue weighted by atomic mass is 16.5. The van der Waals surface area contributed by atoms with Crippen LogP contribution in [0.3, 0.4) is 0 Å². The predicted molar refractivity (Wildman–Crippen MR) is 88.5 cm³/mol. The van der Waals surface area contributed by atoms with Crippen molar-refractivity contribution in [3.05, 3.63) is 59.2 Å². The number of hydrogen-bond acceptors (Lipinski definition) is 4. The molecule has 2 aromatic heterocycles. The van der Waals surface area contributed by atoms with Gasteiger partial charge in [0.05, 0.1) is 0 Å². The fourth-order valence-electron chi connectivity index (χ4n) is 2.88. The third-order valence-corrected chi connectivity index (χ3v) is 4.22. The Balaban J connectivity index is 1.48. The van der Waals surface area contributed by atoms with Crippen molar-refractivity contribution in [1.82, 2.24) is 10.3 Å². The number of aryl methyl sites for hydroxylation is 1. The number of amides is 1. The number of nitrogens with one attached hydrogen (secondary N) is 1. The first-order valence-corrected chi connectivity index (χ1v) is 8.19. The quantitative estimate of drug-likeness (QED) is 0.689. The van der Waals surface area contributed by atoms with Gasteiger partial charge in [0, 0.05) is 24.4 Å². The molecule has 0 atom stereocenters. The van der Waals surface area contributed by atoms with E-state index in [1.807, 2.05) is 19.1 Å². The lowest BCUT2D eigenvalue weighted by molar-refractivity contribution is -0.605. The van der Waals surface area contributed by atoms with Gasteiger partial charge in [-0.1, -0.05) is 6.07 Å². The van der Waals surface area contributed by atoms with Crippen LogP contribution >= 0.6 is 0 Å². The lowest BCUT2D eigenvalue weighted by Gasteiger charge is -2.29. The van der Waals surface area contributed by atoms with E-state index in [-0.39, 0.29) is 18.1 Å². The Hall–Kier alpha value is -2.63. The third kappa shape index (κ3) is 4.22. The standard InChI is InChI=1S/C18H21N3O3/c1-13-4-9-17(19-11-13)24-16-7-5-15(6-8-16)20-18(22)14-3-2-10-21(23)12-14/h2-4,9-12,15-16H,5-8H2,1H3,(H,20,22). The van der Waals surface area contributed by atoms with Crippen LogP contribution < -0.4 is 14.8 Å². The zero-order chi connectivity index (χ0) is 16.9. The van der Waals surface area contributed by atoms with Crippen LogP contribution in [0.1, 0.15) is 41.6 Å². The molecule has 1 aliphatic rings. The summed E-state index contributed by atoms with van der Waals surface area (Å²) in [5.74, 6) is 0.446. The largest absolute Gasteiger partial charge is 0.619 e. The summed E-state index contributed by atoms with van der Waals surface area (Å²) in [5, 5.41) is 14.2. The van der Waals surface area contributed by atoms with Gasteiger partial charge in [-0.15, -0.1) is 0 Å². The third-order valence-electron chi connectivity index (χ3n) is 4.22. The minimum atomic E-state index is -0.204. The molecule has 1 saturated carbocycles. The second kappa shape index (κ2) is 7.29. The van der Waals surface area contributed by atoms with Gasteiger partial charge in [-0.3, -0.25) is 4.79 Å². The van der Waals surface area contributed by atoms with Crippen LogP contribution in [0.4, 0.5) is 0 Å². The van der Waals surface area contributed by atoms with Crippen molar-refractivity contribution >= 4 is 5.91 Å². The Kier molecular flexibility index (Phi) is 4.93. The maximum atomic E-state index is 12.2. The zero-order valence-corrected chi connectivity index (χ0v) is 13.6. The van der Waals surface area contributed by atoms with Crippen molar-refractivity contribution in [2.24, 2.45) is 0 Å². The molecule has 0 unspecified atom stereocenters. The Morgan fingerprint density at radius 2 is 2.08 bits per heavy atom. The Morgan fingerprint density at radius 3 is 2.75 bits per heavy atom. The highest BCUT2D eigenvalue weighted by Crippen LogP contribution is 2.23. The summed E-state index contributed by atoms with van der Waals surface area (Å²) in [6.07, 6.45) is 8.02. The molecule has 3 rings (SSSR count). The minimum absolute atomic E-state index is 0.114. The van der Waals surface area contributed by atoms with E-state index in [1.54, 1.807) is 18.3 Å². The van der Waals surface area contributed by atoms with Gasteiger partial charge in [0.25, 0.3) is 5.91 Å². The van der Waals surface area contributed by atoms with Crippen molar-refractivity contribution in [3.63, 3.8) is 0 Å². The van der Waals surface area contributed by atoms with Crippen molar-refractivity contribution in [2.75, 3.05) is 0 Å². The zero-order valence-electron chi connectivity index (χ0n) is 13.6. The van der Waals surface area contributed by atoms with Crippen LogP contribution in [0.2, 0.25) is 0 Å². The van der Waals surface area contributed by atoms with Gasteiger partial charge in [-0.2, -0.15) is 4.73 Å². The predicted octanol–water partition coefficient (Wildman–Crippen LogP) is 2.14. The molecule has 2 aromatic rings. The molecule has 6 heteroatoms. The molecule has 1 N–H and O–H groups in total. The van der Waals surface area contributed by atoms with E-state index in [4.69, 9.17) is 4.74 Å². The minimum Gasteiger partial charge on any atom is -0.619 e. The highest BCUT2D eigenvalue weighted by Gasteiger charge is 2.24. The highest BCUT2D eigenvalue weighted by molar-refractivity contribution is 5.93. The number of carbonyl (C=O) groups is 1. The summed E-state index contributed by atoms with van der Waals surface area (Å²) in [6.45, 7) is 1.99. The second-order valence-corrected chi connectivity index (χ2v) is 6.19. The first-order chi connectivity index (χ1) is 11.6. The molecular formula is C18H21N3O3. The molecule has 1 amide bonds. The van der Waals surface area contributed by atoms with Crippen LogP contribution in [0.25, 0.3) is 0 Å². The van der Waals surface area contributed by atoms with E-state index in [9.17, 15) is 10.0 Å². The summed E-state index contributed by atoms with van der Waals surface area (Å²) in [5.41, 5.74) is 1.49. The van der Waals surface area contributed by atoms with Crippen LogP contribution in [0, 0.1) is 12.1 Å².